The van der Waals surface area contributed by atoms with E-state index in [1.165, 1.54) is 12.8 Å². The van der Waals surface area contributed by atoms with Gasteiger partial charge in [-0.25, -0.2) is 4.98 Å². The monoisotopic (exact) mass is 361 g/mol. The lowest BCUT2D eigenvalue weighted by Gasteiger charge is -2.24. The zero-order chi connectivity index (χ0) is 18.5. The Kier molecular flexibility index (Phi) is 5.25. The van der Waals surface area contributed by atoms with Crippen molar-refractivity contribution in [2.75, 3.05) is 19.6 Å². The highest BCUT2D eigenvalue weighted by Crippen LogP contribution is 2.18. The van der Waals surface area contributed by atoms with Crippen molar-refractivity contribution in [1.82, 2.24) is 25.4 Å². The van der Waals surface area contributed by atoms with Crippen LogP contribution in [0.15, 0.2) is 54.7 Å². The smallest absolute Gasteiger partial charge is 0.244 e. The number of likely N-dealkylation sites (tertiary alicyclic amines) is 1. The van der Waals surface area contributed by atoms with Gasteiger partial charge in [0.15, 0.2) is 5.65 Å². The predicted molar refractivity (Wildman–Crippen MR) is 106 cm³/mol. The third-order valence-corrected chi connectivity index (χ3v) is 4.92. The summed E-state index contributed by atoms with van der Waals surface area (Å²) < 4.78 is 0. The predicted octanol–water partition coefficient (Wildman–Crippen LogP) is 2.92. The third-order valence-electron chi connectivity index (χ3n) is 4.92. The van der Waals surface area contributed by atoms with Crippen LogP contribution in [0.3, 0.4) is 0 Å². The molecule has 3 heterocycles. The van der Waals surface area contributed by atoms with E-state index in [0.717, 1.165) is 36.3 Å². The Morgan fingerprint density at radius 1 is 1.19 bits per heavy atom. The summed E-state index contributed by atoms with van der Waals surface area (Å²) in [5, 5.41) is 11.1. The van der Waals surface area contributed by atoms with Gasteiger partial charge in [-0.3, -0.25) is 9.89 Å². The molecule has 0 unspecified atom stereocenters. The molecule has 1 aliphatic heterocycles. The number of nitrogens with zero attached hydrogens (tertiary/aromatic N) is 3. The highest BCUT2D eigenvalue weighted by Gasteiger charge is 2.20. The number of hydrogen-bond acceptors (Lipinski definition) is 4. The van der Waals surface area contributed by atoms with Crippen LogP contribution in [0.5, 0.6) is 0 Å². The number of benzene rings is 1. The fraction of sp³-hybridized carbons (Fsp3) is 0.286. The van der Waals surface area contributed by atoms with Crippen LogP contribution < -0.4 is 5.32 Å². The van der Waals surface area contributed by atoms with Crippen molar-refractivity contribution in [2.24, 2.45) is 0 Å². The first-order chi connectivity index (χ1) is 13.3. The molecule has 0 saturated carbocycles. The number of amides is 1. The first kappa shape index (κ1) is 17.4. The van der Waals surface area contributed by atoms with Crippen LogP contribution in [-0.2, 0) is 4.79 Å². The lowest BCUT2D eigenvalue weighted by Crippen LogP contribution is -2.36. The SMILES string of the molecule is O=C(C=Cc1[nH]nc2ncccc12)N[C@H](CN1CCCC1)c1ccccc1. The topological polar surface area (TPSA) is 73.9 Å². The van der Waals surface area contributed by atoms with Gasteiger partial charge >= 0.3 is 0 Å². The summed E-state index contributed by atoms with van der Waals surface area (Å²) in [6.45, 7) is 3.03. The van der Waals surface area contributed by atoms with Crippen LogP contribution in [0, 0.1) is 0 Å². The van der Waals surface area contributed by atoms with E-state index in [2.05, 4.69) is 37.5 Å². The van der Waals surface area contributed by atoms with Gasteiger partial charge in [0.1, 0.15) is 0 Å². The minimum absolute atomic E-state index is 0.0263. The molecule has 138 valence electrons. The Balaban J connectivity index is 1.47. The molecule has 4 rings (SSSR count). The molecule has 1 aliphatic rings. The number of nitrogens with one attached hydrogen (secondary N) is 2. The van der Waals surface area contributed by atoms with Gasteiger partial charge in [-0.05, 0) is 49.7 Å². The first-order valence-electron chi connectivity index (χ1n) is 9.34. The van der Waals surface area contributed by atoms with Gasteiger partial charge in [-0.2, -0.15) is 5.10 Å². The second-order valence-electron chi connectivity index (χ2n) is 6.82. The molecule has 6 heteroatoms. The molecule has 1 fully saturated rings. The van der Waals surface area contributed by atoms with E-state index >= 15 is 0 Å². The molecule has 0 spiro atoms. The number of aromatic amines is 1. The molecule has 2 N–H and O–H groups in total. The average molecular weight is 361 g/mol. The summed E-state index contributed by atoms with van der Waals surface area (Å²) in [4.78, 5) is 19.2. The van der Waals surface area contributed by atoms with Crippen molar-refractivity contribution in [3.05, 3.63) is 66.0 Å². The first-order valence-corrected chi connectivity index (χ1v) is 9.34. The van der Waals surface area contributed by atoms with Gasteiger partial charge in [0.05, 0.1) is 11.7 Å². The maximum Gasteiger partial charge on any atom is 0.244 e. The van der Waals surface area contributed by atoms with Crippen molar-refractivity contribution in [1.29, 1.82) is 0 Å². The fourth-order valence-electron chi connectivity index (χ4n) is 3.52. The Morgan fingerprint density at radius 3 is 2.81 bits per heavy atom. The number of fused-ring (bicyclic) bond motifs is 1. The lowest BCUT2D eigenvalue weighted by atomic mass is 10.1. The molecule has 2 aromatic heterocycles. The number of rotatable bonds is 6. The van der Waals surface area contributed by atoms with Gasteiger partial charge in [0.25, 0.3) is 0 Å². The van der Waals surface area contributed by atoms with E-state index in [1.54, 1.807) is 18.3 Å². The molecule has 1 saturated heterocycles. The summed E-state index contributed by atoms with van der Waals surface area (Å²) in [5.41, 5.74) is 2.56. The number of carbonyl (C=O) groups is 1. The van der Waals surface area contributed by atoms with Crippen LogP contribution in [0.25, 0.3) is 17.1 Å². The van der Waals surface area contributed by atoms with E-state index in [-0.39, 0.29) is 11.9 Å². The maximum atomic E-state index is 12.6. The number of hydrogen-bond donors (Lipinski definition) is 2. The summed E-state index contributed by atoms with van der Waals surface area (Å²) >= 11 is 0. The van der Waals surface area contributed by atoms with Crippen LogP contribution in [-0.4, -0.2) is 45.6 Å². The minimum atomic E-state index is -0.116. The standard InChI is InChI=1S/C21H23N5O/c27-20(11-10-18-17-9-6-12-22-21(17)25-24-18)23-19(15-26-13-4-5-14-26)16-7-2-1-3-8-16/h1-3,6-12,19H,4-5,13-15H2,(H,23,27)(H,22,24,25)/t19-/m1/s1. The van der Waals surface area contributed by atoms with Crippen molar-refractivity contribution in [3.8, 4) is 0 Å². The second kappa shape index (κ2) is 8.14. The summed E-state index contributed by atoms with van der Waals surface area (Å²) in [5.74, 6) is -0.116. The summed E-state index contributed by atoms with van der Waals surface area (Å²) in [6.07, 6.45) is 7.48. The van der Waals surface area contributed by atoms with Crippen LogP contribution >= 0.6 is 0 Å². The minimum Gasteiger partial charge on any atom is -0.344 e. The zero-order valence-electron chi connectivity index (χ0n) is 15.1. The van der Waals surface area contributed by atoms with E-state index in [9.17, 15) is 4.79 Å². The van der Waals surface area contributed by atoms with Crippen LogP contribution in [0.4, 0.5) is 0 Å². The summed E-state index contributed by atoms with van der Waals surface area (Å²) in [7, 11) is 0. The molecule has 0 bridgehead atoms. The largest absolute Gasteiger partial charge is 0.344 e. The molecule has 0 aliphatic carbocycles. The van der Waals surface area contributed by atoms with Gasteiger partial charge < -0.3 is 10.2 Å². The highest BCUT2D eigenvalue weighted by molar-refractivity contribution is 5.94. The maximum absolute atomic E-state index is 12.6. The Morgan fingerprint density at radius 2 is 2.00 bits per heavy atom. The molecule has 1 aromatic carbocycles. The number of pyridine rings is 1. The highest BCUT2D eigenvalue weighted by atomic mass is 16.1. The lowest BCUT2D eigenvalue weighted by molar-refractivity contribution is -0.117. The van der Waals surface area contributed by atoms with Crippen molar-refractivity contribution in [2.45, 2.75) is 18.9 Å². The quantitative estimate of drug-likeness (QED) is 0.662. The average Bonchev–Trinajstić information content (AvgIpc) is 3.36. The van der Waals surface area contributed by atoms with Gasteiger partial charge in [-0.1, -0.05) is 30.3 Å². The van der Waals surface area contributed by atoms with Crippen LogP contribution in [0.2, 0.25) is 0 Å². The van der Waals surface area contributed by atoms with Gasteiger partial charge in [0, 0.05) is 24.2 Å². The van der Waals surface area contributed by atoms with E-state index in [1.807, 2.05) is 30.3 Å². The molecular weight excluding hydrogens is 338 g/mol. The Bertz CT molecular complexity index is 928. The molecule has 6 nitrogen and oxygen atoms in total. The molecule has 3 aromatic rings. The van der Waals surface area contributed by atoms with Crippen molar-refractivity contribution >= 4 is 23.0 Å². The molecule has 0 radical (unpaired) electrons. The van der Waals surface area contributed by atoms with E-state index in [4.69, 9.17) is 0 Å². The van der Waals surface area contributed by atoms with Crippen LogP contribution in [0.1, 0.15) is 30.1 Å². The van der Waals surface area contributed by atoms with Crippen molar-refractivity contribution < 1.29 is 4.79 Å². The molecular formula is C21H23N5O. The fourth-order valence-corrected chi connectivity index (χ4v) is 3.52. The van der Waals surface area contributed by atoms with Crippen molar-refractivity contribution in [3.63, 3.8) is 0 Å². The number of aromatic nitrogens is 3. The number of H-pyrrole nitrogens is 1. The Labute approximate surface area is 158 Å². The summed E-state index contributed by atoms with van der Waals surface area (Å²) in [6, 6.07) is 13.9. The number of carbonyl (C=O) groups excluding carboxylic acids is 1. The second-order valence-corrected chi connectivity index (χ2v) is 6.82. The van der Waals surface area contributed by atoms with Gasteiger partial charge in [0.2, 0.25) is 5.91 Å². The van der Waals surface area contributed by atoms with E-state index in [0.29, 0.717) is 5.65 Å². The zero-order valence-corrected chi connectivity index (χ0v) is 15.1. The normalized spacial score (nSPS) is 16.1. The third kappa shape index (κ3) is 4.23. The van der Waals surface area contributed by atoms with E-state index < -0.39 is 0 Å². The molecule has 1 atom stereocenters. The van der Waals surface area contributed by atoms with Gasteiger partial charge in [-0.15, -0.1) is 0 Å². The molecule has 27 heavy (non-hydrogen) atoms. The molecule has 1 amide bonds. The Hall–Kier alpha value is -2.99.